The number of amides is 1. The van der Waals surface area contributed by atoms with Crippen LogP contribution in [0.25, 0.3) is 22.0 Å². The van der Waals surface area contributed by atoms with Crippen molar-refractivity contribution in [3.8, 4) is 11.1 Å². The van der Waals surface area contributed by atoms with E-state index in [0.29, 0.717) is 0 Å². The summed E-state index contributed by atoms with van der Waals surface area (Å²) in [7, 11) is 0. The van der Waals surface area contributed by atoms with Crippen LogP contribution >= 0.6 is 0 Å². The summed E-state index contributed by atoms with van der Waals surface area (Å²) in [6.07, 6.45) is 0.931. The molecule has 0 unspecified atom stereocenters. The van der Waals surface area contributed by atoms with Gasteiger partial charge in [0.15, 0.2) is 0 Å². The molecule has 0 atom stereocenters. The summed E-state index contributed by atoms with van der Waals surface area (Å²) in [5, 5.41) is 4.05. The second-order valence-electron chi connectivity index (χ2n) is 6.07. The van der Waals surface area contributed by atoms with Crippen LogP contribution in [0.15, 0.2) is 42.5 Å². The zero-order valence-electron chi connectivity index (χ0n) is 13.1. The van der Waals surface area contributed by atoms with Crippen molar-refractivity contribution in [3.05, 3.63) is 53.7 Å². The standard InChI is InChI=1S/C19H19N3O/c1-12-15-10-14(20)11-16(13-6-3-2-4-7-13)18(15)22-9-5-8-21-19(23)17(12)22/h2-4,6-7,10-11H,5,8-9,20H2,1H3,(H,21,23). The second kappa shape index (κ2) is 5.16. The Morgan fingerprint density at radius 2 is 1.96 bits per heavy atom. The van der Waals surface area contributed by atoms with E-state index < -0.39 is 0 Å². The van der Waals surface area contributed by atoms with Gasteiger partial charge in [-0.25, -0.2) is 0 Å². The highest BCUT2D eigenvalue weighted by Gasteiger charge is 2.24. The third kappa shape index (κ3) is 2.10. The molecule has 0 aliphatic carbocycles. The molecule has 3 aromatic rings. The molecule has 4 heteroatoms. The number of aromatic nitrogens is 1. The molecule has 0 bridgehead atoms. The summed E-state index contributed by atoms with van der Waals surface area (Å²) < 4.78 is 2.16. The quantitative estimate of drug-likeness (QED) is 0.677. The predicted octanol–water partition coefficient (Wildman–Crippen LogP) is 3.33. The van der Waals surface area contributed by atoms with Gasteiger partial charge in [-0.1, -0.05) is 30.3 Å². The van der Waals surface area contributed by atoms with Crippen molar-refractivity contribution in [2.75, 3.05) is 12.3 Å². The van der Waals surface area contributed by atoms with Gasteiger partial charge in [-0.15, -0.1) is 0 Å². The minimum absolute atomic E-state index is 0.00813. The van der Waals surface area contributed by atoms with E-state index in [0.717, 1.165) is 58.5 Å². The number of hydrogen-bond donors (Lipinski definition) is 2. The highest BCUT2D eigenvalue weighted by Crippen LogP contribution is 2.36. The Hall–Kier alpha value is -2.75. The summed E-state index contributed by atoms with van der Waals surface area (Å²) >= 11 is 0. The number of hydrogen-bond acceptors (Lipinski definition) is 2. The first kappa shape index (κ1) is 13.9. The highest BCUT2D eigenvalue weighted by atomic mass is 16.2. The number of nitrogens with one attached hydrogen (secondary N) is 1. The van der Waals surface area contributed by atoms with Crippen LogP contribution in [0.2, 0.25) is 0 Å². The van der Waals surface area contributed by atoms with Crippen molar-refractivity contribution < 1.29 is 4.79 Å². The molecule has 116 valence electrons. The summed E-state index contributed by atoms with van der Waals surface area (Å²) in [4.78, 5) is 12.5. The second-order valence-corrected chi connectivity index (χ2v) is 6.07. The maximum absolute atomic E-state index is 12.5. The Kier molecular flexibility index (Phi) is 3.11. The fourth-order valence-electron chi connectivity index (χ4n) is 3.55. The Balaban J connectivity index is 2.12. The topological polar surface area (TPSA) is 60.0 Å². The van der Waals surface area contributed by atoms with E-state index in [2.05, 4.69) is 22.0 Å². The van der Waals surface area contributed by atoms with E-state index in [1.165, 1.54) is 0 Å². The molecule has 2 heterocycles. The van der Waals surface area contributed by atoms with Crippen molar-refractivity contribution >= 4 is 22.5 Å². The van der Waals surface area contributed by atoms with Crippen molar-refractivity contribution in [2.24, 2.45) is 0 Å². The molecule has 1 aliphatic heterocycles. The van der Waals surface area contributed by atoms with Crippen LogP contribution in [0.3, 0.4) is 0 Å². The molecule has 23 heavy (non-hydrogen) atoms. The lowest BCUT2D eigenvalue weighted by molar-refractivity contribution is 0.0951. The lowest BCUT2D eigenvalue weighted by Crippen LogP contribution is -2.23. The zero-order chi connectivity index (χ0) is 16.0. The molecule has 4 rings (SSSR count). The molecule has 0 fully saturated rings. The Morgan fingerprint density at radius 1 is 1.17 bits per heavy atom. The van der Waals surface area contributed by atoms with Gasteiger partial charge >= 0.3 is 0 Å². The van der Waals surface area contributed by atoms with Crippen LogP contribution in [-0.2, 0) is 6.54 Å². The maximum Gasteiger partial charge on any atom is 0.268 e. The first-order valence-electron chi connectivity index (χ1n) is 7.93. The summed E-state index contributed by atoms with van der Waals surface area (Å²) in [6.45, 7) is 3.56. The van der Waals surface area contributed by atoms with Crippen LogP contribution in [-0.4, -0.2) is 17.0 Å². The molecule has 2 aromatic carbocycles. The lowest BCUT2D eigenvalue weighted by atomic mass is 10.0. The fourth-order valence-corrected chi connectivity index (χ4v) is 3.55. The van der Waals surface area contributed by atoms with Crippen LogP contribution in [0.4, 0.5) is 5.69 Å². The Bertz CT molecular complexity index is 910. The average molecular weight is 305 g/mol. The predicted molar refractivity (Wildman–Crippen MR) is 93.5 cm³/mol. The van der Waals surface area contributed by atoms with Gasteiger partial charge in [0.2, 0.25) is 0 Å². The number of carbonyl (C=O) groups is 1. The van der Waals surface area contributed by atoms with Gasteiger partial charge < -0.3 is 15.6 Å². The third-order valence-electron chi connectivity index (χ3n) is 4.58. The van der Waals surface area contributed by atoms with E-state index in [1.807, 2.05) is 37.3 Å². The van der Waals surface area contributed by atoms with E-state index in [9.17, 15) is 4.79 Å². The van der Waals surface area contributed by atoms with E-state index in [1.54, 1.807) is 0 Å². The van der Waals surface area contributed by atoms with Gasteiger partial charge in [-0.3, -0.25) is 4.79 Å². The minimum Gasteiger partial charge on any atom is -0.399 e. The van der Waals surface area contributed by atoms with Gasteiger partial charge in [-0.05, 0) is 36.6 Å². The van der Waals surface area contributed by atoms with E-state index in [-0.39, 0.29) is 5.91 Å². The molecule has 0 saturated heterocycles. The number of aryl methyl sites for hydroxylation is 2. The molecular formula is C19H19N3O. The number of rotatable bonds is 1. The number of carbonyl (C=O) groups excluding carboxylic acids is 1. The van der Waals surface area contributed by atoms with Gasteiger partial charge in [0.25, 0.3) is 5.91 Å². The number of nitrogens with two attached hydrogens (primary N) is 1. The monoisotopic (exact) mass is 305 g/mol. The summed E-state index contributed by atoms with van der Waals surface area (Å²) in [6, 6.07) is 14.2. The SMILES string of the molecule is Cc1c2n(c3c(-c4ccccc4)cc(N)cc13)CCCNC2=O. The van der Waals surface area contributed by atoms with Gasteiger partial charge in [0, 0.05) is 29.7 Å². The molecule has 1 amide bonds. The van der Waals surface area contributed by atoms with Crippen molar-refractivity contribution in [1.82, 2.24) is 9.88 Å². The Morgan fingerprint density at radius 3 is 2.74 bits per heavy atom. The largest absolute Gasteiger partial charge is 0.399 e. The lowest BCUT2D eigenvalue weighted by Gasteiger charge is -2.11. The highest BCUT2D eigenvalue weighted by molar-refractivity contribution is 6.07. The first-order chi connectivity index (χ1) is 11.2. The third-order valence-corrected chi connectivity index (χ3v) is 4.58. The molecule has 1 aromatic heterocycles. The number of benzene rings is 2. The van der Waals surface area contributed by atoms with Crippen molar-refractivity contribution in [3.63, 3.8) is 0 Å². The molecule has 0 spiro atoms. The van der Waals surface area contributed by atoms with Gasteiger partial charge in [0.05, 0.1) is 5.52 Å². The zero-order valence-corrected chi connectivity index (χ0v) is 13.1. The smallest absolute Gasteiger partial charge is 0.268 e. The van der Waals surface area contributed by atoms with Crippen molar-refractivity contribution in [1.29, 1.82) is 0 Å². The summed E-state index contributed by atoms with van der Waals surface area (Å²) in [5.74, 6) is 0.00813. The molecule has 1 aliphatic rings. The fraction of sp³-hybridized carbons (Fsp3) is 0.211. The van der Waals surface area contributed by atoms with Gasteiger partial charge in [0.1, 0.15) is 5.69 Å². The molecule has 0 radical (unpaired) electrons. The number of fused-ring (bicyclic) bond motifs is 3. The minimum atomic E-state index is 0.00813. The first-order valence-corrected chi connectivity index (χ1v) is 7.93. The van der Waals surface area contributed by atoms with E-state index >= 15 is 0 Å². The molecule has 4 nitrogen and oxygen atoms in total. The summed E-state index contributed by atoms with van der Waals surface area (Å²) in [5.41, 5.74) is 11.9. The molecule has 0 saturated carbocycles. The Labute approximate surface area is 134 Å². The molecular weight excluding hydrogens is 286 g/mol. The normalized spacial score (nSPS) is 14.4. The number of nitrogens with zero attached hydrogens (tertiary/aromatic N) is 1. The van der Waals surface area contributed by atoms with Crippen LogP contribution in [0.1, 0.15) is 22.5 Å². The average Bonchev–Trinajstić information content (AvgIpc) is 2.70. The maximum atomic E-state index is 12.5. The van der Waals surface area contributed by atoms with Crippen LogP contribution < -0.4 is 11.1 Å². The number of anilines is 1. The van der Waals surface area contributed by atoms with E-state index in [4.69, 9.17) is 5.73 Å². The molecule has 3 N–H and O–H groups in total. The number of nitrogen functional groups attached to an aromatic ring is 1. The van der Waals surface area contributed by atoms with Crippen LogP contribution in [0, 0.1) is 6.92 Å². The van der Waals surface area contributed by atoms with Crippen molar-refractivity contribution in [2.45, 2.75) is 19.9 Å². The van der Waals surface area contributed by atoms with Gasteiger partial charge in [-0.2, -0.15) is 0 Å². The van der Waals surface area contributed by atoms with Crippen LogP contribution in [0.5, 0.6) is 0 Å².